The fourth-order valence-electron chi connectivity index (χ4n) is 1.98. The van der Waals surface area contributed by atoms with E-state index in [2.05, 4.69) is 14.9 Å². The fraction of sp³-hybridized carbons (Fsp3) is 0.429. The van der Waals surface area contributed by atoms with Gasteiger partial charge in [0, 0.05) is 19.2 Å². The largest absolute Gasteiger partial charge is 0.413 e. The number of sulfonamides is 1. The standard InChI is InChI=1S/C14H19N3O5S2/c1-11-6-3-4-7-12(11)10-24(20,21)15-9-5-8-13-16-17-14(22-13)23(2,18)19/h3-4,6-7,15H,5,8-10H2,1-2H3. The summed E-state index contributed by atoms with van der Waals surface area (Å²) in [4.78, 5) is 0. The van der Waals surface area contributed by atoms with E-state index in [0.717, 1.165) is 17.4 Å². The highest BCUT2D eigenvalue weighted by atomic mass is 32.2. The van der Waals surface area contributed by atoms with E-state index in [-0.39, 0.29) is 24.6 Å². The minimum absolute atomic E-state index is 0.0849. The lowest BCUT2D eigenvalue weighted by Gasteiger charge is -2.08. The molecule has 2 aromatic rings. The van der Waals surface area contributed by atoms with Crippen molar-refractivity contribution in [3.8, 4) is 0 Å². The van der Waals surface area contributed by atoms with Crippen LogP contribution in [0.2, 0.25) is 0 Å². The third-order valence-electron chi connectivity index (χ3n) is 3.26. The Morgan fingerprint density at radius 2 is 1.83 bits per heavy atom. The van der Waals surface area contributed by atoms with Crippen molar-refractivity contribution < 1.29 is 21.3 Å². The Kier molecular flexibility index (Phi) is 5.73. The molecule has 0 spiro atoms. The van der Waals surface area contributed by atoms with Crippen molar-refractivity contribution in [3.63, 3.8) is 0 Å². The Bertz CT molecular complexity index is 904. The van der Waals surface area contributed by atoms with Gasteiger partial charge in [-0.3, -0.25) is 0 Å². The molecule has 1 heterocycles. The molecular weight excluding hydrogens is 354 g/mol. The van der Waals surface area contributed by atoms with E-state index in [1.807, 2.05) is 19.1 Å². The lowest BCUT2D eigenvalue weighted by Crippen LogP contribution is -2.26. The maximum absolute atomic E-state index is 12.1. The topological polar surface area (TPSA) is 119 Å². The van der Waals surface area contributed by atoms with Crippen molar-refractivity contribution in [2.45, 2.75) is 30.7 Å². The lowest BCUT2D eigenvalue weighted by atomic mass is 10.1. The highest BCUT2D eigenvalue weighted by Crippen LogP contribution is 2.11. The van der Waals surface area contributed by atoms with Gasteiger partial charge in [-0.15, -0.1) is 5.10 Å². The number of hydrogen-bond acceptors (Lipinski definition) is 7. The van der Waals surface area contributed by atoms with Gasteiger partial charge in [-0.05, 0) is 24.5 Å². The Morgan fingerprint density at radius 1 is 1.12 bits per heavy atom. The zero-order valence-corrected chi connectivity index (χ0v) is 15.0. The molecule has 1 N–H and O–H groups in total. The van der Waals surface area contributed by atoms with E-state index in [9.17, 15) is 16.8 Å². The first-order valence-corrected chi connectivity index (χ1v) is 10.8. The summed E-state index contributed by atoms with van der Waals surface area (Å²) >= 11 is 0. The third kappa shape index (κ3) is 5.39. The number of hydrogen-bond donors (Lipinski definition) is 1. The predicted octanol–water partition coefficient (Wildman–Crippen LogP) is 0.834. The van der Waals surface area contributed by atoms with Crippen LogP contribution in [0.3, 0.4) is 0 Å². The smallest absolute Gasteiger partial charge is 0.335 e. The Labute approximate surface area is 141 Å². The minimum atomic E-state index is -3.53. The van der Waals surface area contributed by atoms with Crippen LogP contribution in [0.5, 0.6) is 0 Å². The first-order valence-electron chi connectivity index (χ1n) is 7.22. The SMILES string of the molecule is Cc1ccccc1CS(=O)(=O)NCCCc1nnc(S(C)(=O)=O)o1. The van der Waals surface area contributed by atoms with E-state index in [4.69, 9.17) is 4.42 Å². The van der Waals surface area contributed by atoms with Gasteiger partial charge in [0.15, 0.2) is 0 Å². The maximum Gasteiger partial charge on any atom is 0.335 e. The number of benzene rings is 1. The second-order valence-electron chi connectivity index (χ2n) is 5.42. The zero-order valence-electron chi connectivity index (χ0n) is 13.4. The molecule has 0 saturated carbocycles. The van der Waals surface area contributed by atoms with E-state index in [1.54, 1.807) is 12.1 Å². The summed E-state index contributed by atoms with van der Waals surface area (Å²) in [5, 5.41) is 6.63. The summed E-state index contributed by atoms with van der Waals surface area (Å²) in [5.41, 5.74) is 1.67. The average molecular weight is 373 g/mol. The van der Waals surface area contributed by atoms with Crippen LogP contribution in [0.25, 0.3) is 0 Å². The van der Waals surface area contributed by atoms with E-state index in [1.165, 1.54) is 0 Å². The molecule has 132 valence electrons. The summed E-state index contributed by atoms with van der Waals surface area (Å²) in [6, 6.07) is 7.29. The van der Waals surface area contributed by atoms with E-state index >= 15 is 0 Å². The predicted molar refractivity (Wildman–Crippen MR) is 87.5 cm³/mol. The van der Waals surface area contributed by atoms with E-state index < -0.39 is 25.1 Å². The summed E-state index contributed by atoms with van der Waals surface area (Å²) < 4.78 is 54.1. The molecule has 0 fully saturated rings. The van der Waals surface area contributed by atoms with Crippen molar-refractivity contribution in [2.75, 3.05) is 12.8 Å². The molecule has 0 atom stereocenters. The summed E-state index contributed by atoms with van der Waals surface area (Å²) in [7, 11) is -6.97. The molecule has 8 nitrogen and oxygen atoms in total. The van der Waals surface area contributed by atoms with Gasteiger partial charge in [-0.25, -0.2) is 21.6 Å². The van der Waals surface area contributed by atoms with Crippen LogP contribution >= 0.6 is 0 Å². The van der Waals surface area contributed by atoms with E-state index in [0.29, 0.717) is 6.42 Å². The molecule has 24 heavy (non-hydrogen) atoms. The third-order valence-corrected chi connectivity index (χ3v) is 5.40. The average Bonchev–Trinajstić information content (AvgIpc) is 2.95. The second-order valence-corrected chi connectivity index (χ2v) is 9.12. The lowest BCUT2D eigenvalue weighted by molar-refractivity contribution is 0.394. The molecule has 1 aromatic heterocycles. The highest BCUT2D eigenvalue weighted by molar-refractivity contribution is 7.90. The van der Waals surface area contributed by atoms with Gasteiger partial charge in [0.1, 0.15) is 0 Å². The first-order chi connectivity index (χ1) is 11.2. The number of aryl methyl sites for hydroxylation is 2. The van der Waals surface area contributed by atoms with Crippen molar-refractivity contribution in [1.82, 2.24) is 14.9 Å². The molecule has 0 bridgehead atoms. The molecular formula is C14H19N3O5S2. The Morgan fingerprint density at radius 3 is 2.46 bits per heavy atom. The molecule has 10 heteroatoms. The van der Waals surface area contributed by atoms with Crippen molar-refractivity contribution in [3.05, 3.63) is 41.3 Å². The van der Waals surface area contributed by atoms with Crippen LogP contribution in [-0.4, -0.2) is 39.8 Å². The molecule has 0 aliphatic rings. The van der Waals surface area contributed by atoms with Crippen LogP contribution in [0.1, 0.15) is 23.4 Å². The van der Waals surface area contributed by atoms with Crippen LogP contribution in [-0.2, 0) is 32.0 Å². The Hall–Kier alpha value is -1.78. The van der Waals surface area contributed by atoms with Crippen LogP contribution in [0.15, 0.2) is 33.9 Å². The fourth-order valence-corrected chi connectivity index (χ4v) is 3.71. The number of aromatic nitrogens is 2. The molecule has 0 amide bonds. The quantitative estimate of drug-likeness (QED) is 0.681. The van der Waals surface area contributed by atoms with Crippen molar-refractivity contribution in [1.29, 1.82) is 0 Å². The maximum atomic E-state index is 12.1. The molecule has 0 unspecified atom stereocenters. The summed E-state index contributed by atoms with van der Waals surface area (Å²) in [6.07, 6.45) is 1.68. The second kappa shape index (κ2) is 7.41. The van der Waals surface area contributed by atoms with Gasteiger partial charge in [-0.1, -0.05) is 29.4 Å². The van der Waals surface area contributed by atoms with Gasteiger partial charge < -0.3 is 4.42 Å². The molecule has 1 aromatic carbocycles. The monoisotopic (exact) mass is 373 g/mol. The van der Waals surface area contributed by atoms with Gasteiger partial charge in [-0.2, -0.15) is 0 Å². The van der Waals surface area contributed by atoms with Crippen molar-refractivity contribution in [2.24, 2.45) is 0 Å². The van der Waals surface area contributed by atoms with Gasteiger partial charge in [0.05, 0.1) is 5.75 Å². The van der Waals surface area contributed by atoms with Crippen LogP contribution in [0.4, 0.5) is 0 Å². The van der Waals surface area contributed by atoms with Crippen molar-refractivity contribution >= 4 is 19.9 Å². The summed E-state index contributed by atoms with van der Waals surface area (Å²) in [6.45, 7) is 2.06. The van der Waals surface area contributed by atoms with Gasteiger partial charge in [0.2, 0.25) is 25.8 Å². The number of rotatable bonds is 8. The molecule has 0 aliphatic carbocycles. The first kappa shape index (κ1) is 18.6. The summed E-state index contributed by atoms with van der Waals surface area (Å²) in [5.74, 6) is 0.0758. The van der Waals surface area contributed by atoms with Crippen LogP contribution < -0.4 is 4.72 Å². The Balaban J connectivity index is 1.83. The van der Waals surface area contributed by atoms with Gasteiger partial charge in [0.25, 0.3) is 0 Å². The van der Waals surface area contributed by atoms with Crippen LogP contribution in [0, 0.1) is 6.92 Å². The zero-order chi connectivity index (χ0) is 17.8. The number of nitrogens with one attached hydrogen (secondary N) is 1. The molecule has 0 saturated heterocycles. The molecule has 2 rings (SSSR count). The van der Waals surface area contributed by atoms with Gasteiger partial charge >= 0.3 is 5.22 Å². The molecule has 0 aliphatic heterocycles. The number of nitrogens with zero attached hydrogens (tertiary/aromatic N) is 2. The normalized spacial score (nSPS) is 12.4. The number of sulfone groups is 1. The molecule has 0 radical (unpaired) electrons. The highest BCUT2D eigenvalue weighted by Gasteiger charge is 2.17. The minimum Gasteiger partial charge on any atom is -0.413 e.